The molecule has 1 heterocycles. The summed E-state index contributed by atoms with van der Waals surface area (Å²) in [5.74, 6) is -0.0112. The van der Waals surface area contributed by atoms with Crippen molar-refractivity contribution < 1.29 is 17.9 Å². The van der Waals surface area contributed by atoms with Gasteiger partial charge in [-0.2, -0.15) is 13.2 Å². The summed E-state index contributed by atoms with van der Waals surface area (Å²) < 4.78 is 39.4. The van der Waals surface area contributed by atoms with Gasteiger partial charge in [-0.3, -0.25) is 0 Å². The zero-order chi connectivity index (χ0) is 11.9. The lowest BCUT2D eigenvalue weighted by molar-refractivity contribution is -0.154. The highest BCUT2D eigenvalue weighted by molar-refractivity contribution is 5.16. The minimum absolute atomic E-state index is 0.0112. The second-order valence-corrected chi connectivity index (χ2v) is 2.58. The van der Waals surface area contributed by atoms with Gasteiger partial charge in [-0.1, -0.05) is 19.9 Å². The Morgan fingerprint density at radius 2 is 1.87 bits per heavy atom. The molecule has 0 unspecified atom stereocenters. The molecule has 0 radical (unpaired) electrons. The second-order valence-electron chi connectivity index (χ2n) is 2.58. The third-order valence-corrected chi connectivity index (χ3v) is 1.27. The van der Waals surface area contributed by atoms with Gasteiger partial charge in [0.15, 0.2) is 6.61 Å². The summed E-state index contributed by atoms with van der Waals surface area (Å²) in [4.78, 5) is 3.66. The summed E-state index contributed by atoms with van der Waals surface area (Å²) in [6.45, 7) is 4.49. The van der Waals surface area contributed by atoms with Crippen molar-refractivity contribution in [2.45, 2.75) is 26.9 Å². The van der Waals surface area contributed by atoms with Crippen molar-refractivity contribution in [3.63, 3.8) is 0 Å². The molecule has 0 bridgehead atoms. The zero-order valence-electron chi connectivity index (χ0n) is 8.93. The fourth-order valence-electron chi connectivity index (χ4n) is 0.695. The van der Waals surface area contributed by atoms with E-state index in [1.54, 1.807) is 13.0 Å². The number of nitrogens with zero attached hydrogens (tertiary/aromatic N) is 1. The van der Waals surface area contributed by atoms with Crippen LogP contribution in [0, 0.1) is 6.92 Å². The number of aromatic nitrogens is 1. The van der Waals surface area contributed by atoms with E-state index in [1.807, 2.05) is 13.8 Å². The third-order valence-electron chi connectivity index (χ3n) is 1.27. The Morgan fingerprint density at radius 3 is 2.27 bits per heavy atom. The molecular weight excluding hydrogens is 207 g/mol. The molecule has 0 atom stereocenters. The van der Waals surface area contributed by atoms with Gasteiger partial charge in [0.1, 0.15) is 0 Å². The summed E-state index contributed by atoms with van der Waals surface area (Å²) >= 11 is 0. The molecule has 1 aromatic rings. The third kappa shape index (κ3) is 6.76. The van der Waals surface area contributed by atoms with Crippen LogP contribution < -0.4 is 4.74 Å². The number of aryl methyl sites for hydroxylation is 1. The largest absolute Gasteiger partial charge is 0.468 e. The molecule has 0 aliphatic heterocycles. The molecule has 2 nitrogen and oxygen atoms in total. The van der Waals surface area contributed by atoms with Crippen LogP contribution in [0.1, 0.15) is 19.4 Å². The Kier molecular flexibility index (Phi) is 5.74. The molecule has 0 aliphatic rings. The summed E-state index contributed by atoms with van der Waals surface area (Å²) in [5, 5.41) is 0. The first-order valence-corrected chi connectivity index (χ1v) is 4.59. The number of pyridine rings is 1. The van der Waals surface area contributed by atoms with Crippen LogP contribution >= 0.6 is 0 Å². The van der Waals surface area contributed by atoms with E-state index in [2.05, 4.69) is 9.72 Å². The number of hydrogen-bond donors (Lipinski definition) is 0. The van der Waals surface area contributed by atoms with Crippen LogP contribution in [0.25, 0.3) is 0 Å². The number of alkyl halides is 3. The Labute approximate surface area is 87.1 Å². The van der Waals surface area contributed by atoms with E-state index in [4.69, 9.17) is 0 Å². The summed E-state index contributed by atoms with van der Waals surface area (Å²) in [7, 11) is 0. The van der Waals surface area contributed by atoms with E-state index in [0.29, 0.717) is 0 Å². The first-order valence-electron chi connectivity index (χ1n) is 4.59. The maximum atomic E-state index is 11.7. The van der Waals surface area contributed by atoms with Crippen LogP contribution in [0.2, 0.25) is 0 Å². The standard InChI is InChI=1S/C8H8F3NO.C2H6/c1-6-2-3-7(12-4-6)13-5-8(9,10)11;1-2/h2-4H,5H2,1H3;1-2H3. The molecular formula is C10H14F3NO. The molecule has 1 aromatic heterocycles. The van der Waals surface area contributed by atoms with E-state index in [-0.39, 0.29) is 5.88 Å². The molecule has 0 aromatic carbocycles. The van der Waals surface area contributed by atoms with Crippen molar-refractivity contribution in [3.8, 4) is 5.88 Å². The maximum absolute atomic E-state index is 11.7. The molecule has 86 valence electrons. The van der Waals surface area contributed by atoms with Gasteiger partial charge in [-0.25, -0.2) is 4.98 Å². The predicted octanol–water partition coefficient (Wildman–Crippen LogP) is 3.36. The van der Waals surface area contributed by atoms with Crippen LogP contribution in [0.3, 0.4) is 0 Å². The molecule has 0 amide bonds. The summed E-state index contributed by atoms with van der Waals surface area (Å²) in [6.07, 6.45) is -2.86. The van der Waals surface area contributed by atoms with Gasteiger partial charge in [-0.15, -0.1) is 0 Å². The highest BCUT2D eigenvalue weighted by atomic mass is 19.4. The molecule has 0 saturated heterocycles. The summed E-state index contributed by atoms with van der Waals surface area (Å²) in [5.41, 5.74) is 0.874. The van der Waals surface area contributed by atoms with E-state index in [9.17, 15) is 13.2 Å². The number of hydrogen-bond acceptors (Lipinski definition) is 2. The fraction of sp³-hybridized carbons (Fsp3) is 0.500. The second kappa shape index (κ2) is 6.27. The van der Waals surface area contributed by atoms with Gasteiger partial charge < -0.3 is 4.74 Å². The highest BCUT2D eigenvalue weighted by Crippen LogP contribution is 2.16. The average molecular weight is 221 g/mol. The van der Waals surface area contributed by atoms with E-state index in [0.717, 1.165) is 5.56 Å². The lowest BCUT2D eigenvalue weighted by Gasteiger charge is -2.07. The number of ether oxygens (including phenoxy) is 1. The number of halogens is 3. The minimum Gasteiger partial charge on any atom is -0.468 e. The van der Waals surface area contributed by atoms with Crippen molar-refractivity contribution >= 4 is 0 Å². The molecule has 0 saturated carbocycles. The monoisotopic (exact) mass is 221 g/mol. The van der Waals surface area contributed by atoms with Crippen molar-refractivity contribution in [3.05, 3.63) is 23.9 Å². The molecule has 0 spiro atoms. The first-order chi connectivity index (χ1) is 6.97. The van der Waals surface area contributed by atoms with Crippen LogP contribution in [0.5, 0.6) is 5.88 Å². The Balaban J connectivity index is 0.000000921. The van der Waals surface area contributed by atoms with Gasteiger partial charge in [-0.05, 0) is 12.5 Å². The molecule has 0 aliphatic carbocycles. The van der Waals surface area contributed by atoms with E-state index in [1.165, 1.54) is 12.3 Å². The smallest absolute Gasteiger partial charge is 0.422 e. The van der Waals surface area contributed by atoms with Gasteiger partial charge in [0.25, 0.3) is 0 Å². The van der Waals surface area contributed by atoms with Crippen LogP contribution in [-0.2, 0) is 0 Å². The molecule has 15 heavy (non-hydrogen) atoms. The SMILES string of the molecule is CC.Cc1ccc(OCC(F)(F)F)nc1. The van der Waals surface area contributed by atoms with Crippen molar-refractivity contribution in [2.24, 2.45) is 0 Å². The normalized spacial score (nSPS) is 10.3. The quantitative estimate of drug-likeness (QED) is 0.764. The van der Waals surface area contributed by atoms with Crippen LogP contribution in [-0.4, -0.2) is 17.8 Å². The molecule has 0 N–H and O–H groups in total. The van der Waals surface area contributed by atoms with Gasteiger partial charge in [0, 0.05) is 12.3 Å². The van der Waals surface area contributed by atoms with Gasteiger partial charge >= 0.3 is 6.18 Å². The van der Waals surface area contributed by atoms with E-state index < -0.39 is 12.8 Å². The predicted molar refractivity (Wildman–Crippen MR) is 51.9 cm³/mol. The van der Waals surface area contributed by atoms with E-state index >= 15 is 0 Å². The van der Waals surface area contributed by atoms with Crippen LogP contribution in [0.15, 0.2) is 18.3 Å². The highest BCUT2D eigenvalue weighted by Gasteiger charge is 2.28. The fourth-order valence-corrected chi connectivity index (χ4v) is 0.695. The first kappa shape index (κ1) is 13.7. The van der Waals surface area contributed by atoms with Crippen molar-refractivity contribution in [1.82, 2.24) is 4.98 Å². The van der Waals surface area contributed by atoms with Crippen molar-refractivity contribution in [1.29, 1.82) is 0 Å². The molecule has 1 rings (SSSR count). The zero-order valence-corrected chi connectivity index (χ0v) is 8.93. The van der Waals surface area contributed by atoms with Crippen molar-refractivity contribution in [2.75, 3.05) is 6.61 Å². The Hall–Kier alpha value is -1.26. The van der Waals surface area contributed by atoms with Crippen LogP contribution in [0.4, 0.5) is 13.2 Å². The lowest BCUT2D eigenvalue weighted by Crippen LogP contribution is -2.19. The minimum atomic E-state index is -4.31. The molecule has 5 heteroatoms. The number of rotatable bonds is 2. The maximum Gasteiger partial charge on any atom is 0.422 e. The topological polar surface area (TPSA) is 22.1 Å². The Morgan fingerprint density at radius 1 is 1.27 bits per heavy atom. The van der Waals surface area contributed by atoms with Gasteiger partial charge in [0.05, 0.1) is 0 Å². The lowest BCUT2D eigenvalue weighted by atomic mass is 10.3. The Bertz CT molecular complexity index is 269. The van der Waals surface area contributed by atoms with Gasteiger partial charge in [0.2, 0.25) is 5.88 Å². The molecule has 0 fully saturated rings. The summed E-state index contributed by atoms with van der Waals surface area (Å²) in [6, 6.07) is 3.04. The average Bonchev–Trinajstić information content (AvgIpc) is 2.19.